The van der Waals surface area contributed by atoms with E-state index in [4.69, 9.17) is 4.42 Å². The summed E-state index contributed by atoms with van der Waals surface area (Å²) in [7, 11) is 0. The maximum absolute atomic E-state index is 12.0. The number of aromatic nitrogens is 2. The zero-order valence-electron chi connectivity index (χ0n) is 10.4. The Morgan fingerprint density at radius 3 is 2.63 bits per heavy atom. The summed E-state index contributed by atoms with van der Waals surface area (Å²) >= 11 is 0. The minimum absolute atomic E-state index is 0.00799. The van der Waals surface area contributed by atoms with Gasteiger partial charge < -0.3 is 4.42 Å². The molecule has 3 aromatic rings. The molecule has 0 atom stereocenters. The molecule has 0 spiro atoms. The second-order valence-corrected chi connectivity index (χ2v) is 4.25. The van der Waals surface area contributed by atoms with E-state index in [2.05, 4.69) is 4.98 Å². The number of oxazole rings is 1. The monoisotopic (exact) mass is 252 g/mol. The van der Waals surface area contributed by atoms with Gasteiger partial charge in [-0.25, -0.2) is 4.98 Å². The highest BCUT2D eigenvalue weighted by Crippen LogP contribution is 2.18. The van der Waals surface area contributed by atoms with E-state index in [-0.39, 0.29) is 5.56 Å². The summed E-state index contributed by atoms with van der Waals surface area (Å²) < 4.78 is 6.85. The third-order valence-corrected chi connectivity index (χ3v) is 2.96. The Morgan fingerprint density at radius 2 is 1.95 bits per heavy atom. The van der Waals surface area contributed by atoms with Gasteiger partial charge in [-0.1, -0.05) is 6.07 Å². The van der Waals surface area contributed by atoms with Crippen molar-refractivity contribution in [1.82, 2.24) is 9.55 Å². The molecule has 2 aromatic heterocycles. The molecule has 94 valence electrons. The van der Waals surface area contributed by atoms with Gasteiger partial charge in [0.25, 0.3) is 5.56 Å². The average molecular weight is 252 g/mol. The lowest BCUT2D eigenvalue weighted by atomic mass is 10.2. The summed E-state index contributed by atoms with van der Waals surface area (Å²) in [5.41, 5.74) is 2.42. The van der Waals surface area contributed by atoms with Crippen LogP contribution in [0.1, 0.15) is 5.56 Å². The first kappa shape index (κ1) is 11.5. The van der Waals surface area contributed by atoms with Crippen LogP contribution in [0.25, 0.3) is 17.1 Å². The number of pyridine rings is 1. The molecule has 0 aliphatic heterocycles. The lowest BCUT2D eigenvalue weighted by molar-refractivity contribution is 0.574. The van der Waals surface area contributed by atoms with Crippen LogP contribution in [0.2, 0.25) is 0 Å². The summed E-state index contributed by atoms with van der Waals surface area (Å²) in [5, 5.41) is 0. The van der Waals surface area contributed by atoms with E-state index in [1.165, 1.54) is 6.26 Å². The number of nitrogens with zero attached hydrogens (tertiary/aromatic N) is 2. The zero-order valence-corrected chi connectivity index (χ0v) is 10.4. The number of rotatable bonds is 2. The average Bonchev–Trinajstić information content (AvgIpc) is 2.96. The van der Waals surface area contributed by atoms with Crippen molar-refractivity contribution in [2.24, 2.45) is 0 Å². The smallest absolute Gasteiger partial charge is 0.257 e. The molecule has 0 saturated heterocycles. The van der Waals surface area contributed by atoms with Crippen molar-refractivity contribution in [3.8, 4) is 17.1 Å². The van der Waals surface area contributed by atoms with Crippen LogP contribution in [0.5, 0.6) is 0 Å². The van der Waals surface area contributed by atoms with Gasteiger partial charge in [0.1, 0.15) is 6.26 Å². The van der Waals surface area contributed by atoms with Crippen molar-refractivity contribution in [3.63, 3.8) is 0 Å². The molecule has 0 N–H and O–H groups in total. The largest absolute Gasteiger partial charge is 0.445 e. The Bertz CT molecular complexity index is 741. The minimum Gasteiger partial charge on any atom is -0.445 e. The van der Waals surface area contributed by atoms with Crippen LogP contribution in [-0.4, -0.2) is 9.55 Å². The summed E-state index contributed by atoms with van der Waals surface area (Å²) in [5.74, 6) is 0.572. The van der Waals surface area contributed by atoms with Gasteiger partial charge in [-0.15, -0.1) is 0 Å². The molecule has 4 heteroatoms. The molecule has 1 aromatic carbocycles. The van der Waals surface area contributed by atoms with E-state index in [9.17, 15) is 4.79 Å². The normalized spacial score (nSPS) is 10.6. The van der Waals surface area contributed by atoms with Gasteiger partial charge in [0.2, 0.25) is 5.89 Å². The Labute approximate surface area is 110 Å². The summed E-state index contributed by atoms with van der Waals surface area (Å²) in [6.07, 6.45) is 4.90. The molecule has 3 rings (SSSR count). The Kier molecular flexibility index (Phi) is 2.76. The molecule has 19 heavy (non-hydrogen) atoms. The molecule has 0 fully saturated rings. The maximum Gasteiger partial charge on any atom is 0.257 e. The van der Waals surface area contributed by atoms with Crippen molar-refractivity contribution >= 4 is 0 Å². The highest BCUT2D eigenvalue weighted by Gasteiger charge is 2.04. The van der Waals surface area contributed by atoms with Gasteiger partial charge >= 0.3 is 0 Å². The van der Waals surface area contributed by atoms with Gasteiger partial charge in [0, 0.05) is 23.0 Å². The third kappa shape index (κ3) is 2.08. The van der Waals surface area contributed by atoms with E-state index in [0.29, 0.717) is 5.89 Å². The number of aryl methyl sites for hydroxylation is 1. The first-order chi connectivity index (χ1) is 9.25. The molecule has 0 bridgehead atoms. The highest BCUT2D eigenvalue weighted by molar-refractivity contribution is 5.55. The van der Waals surface area contributed by atoms with Crippen molar-refractivity contribution in [3.05, 3.63) is 71.0 Å². The predicted octanol–water partition coefficient (Wildman–Crippen LogP) is 2.80. The summed E-state index contributed by atoms with van der Waals surface area (Å²) in [6.45, 7) is 1.81. The van der Waals surface area contributed by atoms with Crippen molar-refractivity contribution in [1.29, 1.82) is 0 Å². The van der Waals surface area contributed by atoms with Crippen LogP contribution < -0.4 is 5.56 Å². The topological polar surface area (TPSA) is 48.0 Å². The molecular weight excluding hydrogens is 240 g/mol. The molecule has 0 radical (unpaired) electrons. The number of hydrogen-bond acceptors (Lipinski definition) is 3. The second-order valence-electron chi connectivity index (χ2n) is 4.25. The van der Waals surface area contributed by atoms with Crippen LogP contribution >= 0.6 is 0 Å². The zero-order chi connectivity index (χ0) is 13.2. The highest BCUT2D eigenvalue weighted by atomic mass is 16.3. The lowest BCUT2D eigenvalue weighted by Gasteiger charge is -2.06. The van der Waals surface area contributed by atoms with Crippen LogP contribution in [-0.2, 0) is 0 Å². The number of hydrogen-bond donors (Lipinski definition) is 0. The van der Waals surface area contributed by atoms with Gasteiger partial charge in [0.15, 0.2) is 0 Å². The second kappa shape index (κ2) is 4.57. The molecule has 0 aliphatic rings. The van der Waals surface area contributed by atoms with E-state index >= 15 is 0 Å². The molecule has 0 amide bonds. The summed E-state index contributed by atoms with van der Waals surface area (Å²) in [4.78, 5) is 16.1. The fraction of sp³-hybridized carbons (Fsp3) is 0.0667. The van der Waals surface area contributed by atoms with Crippen LogP contribution in [0.3, 0.4) is 0 Å². The molecule has 0 saturated carbocycles. The van der Waals surface area contributed by atoms with Crippen LogP contribution in [0.15, 0.2) is 64.3 Å². The van der Waals surface area contributed by atoms with E-state index in [0.717, 1.165) is 16.8 Å². The Balaban J connectivity index is 2.04. The van der Waals surface area contributed by atoms with Crippen LogP contribution in [0, 0.1) is 6.92 Å². The standard InChI is InChI=1S/C15H12N2O2/c1-11-3-2-9-17(15(11)18)13-6-4-12(5-7-13)14-16-8-10-19-14/h2-10H,1H3. The van der Waals surface area contributed by atoms with Gasteiger partial charge in [-0.2, -0.15) is 0 Å². The molecule has 2 heterocycles. The minimum atomic E-state index is -0.00799. The van der Waals surface area contributed by atoms with Crippen molar-refractivity contribution in [2.45, 2.75) is 6.92 Å². The Morgan fingerprint density at radius 1 is 1.16 bits per heavy atom. The van der Waals surface area contributed by atoms with E-state index in [1.807, 2.05) is 30.3 Å². The van der Waals surface area contributed by atoms with Crippen molar-refractivity contribution in [2.75, 3.05) is 0 Å². The predicted molar refractivity (Wildman–Crippen MR) is 72.3 cm³/mol. The molecule has 4 nitrogen and oxygen atoms in total. The molecule has 0 unspecified atom stereocenters. The van der Waals surface area contributed by atoms with E-state index in [1.54, 1.807) is 30.0 Å². The van der Waals surface area contributed by atoms with Gasteiger partial charge in [0.05, 0.1) is 6.20 Å². The number of benzene rings is 1. The molecular formula is C15H12N2O2. The van der Waals surface area contributed by atoms with Crippen molar-refractivity contribution < 1.29 is 4.42 Å². The fourth-order valence-corrected chi connectivity index (χ4v) is 1.94. The lowest BCUT2D eigenvalue weighted by Crippen LogP contribution is -2.19. The third-order valence-electron chi connectivity index (χ3n) is 2.96. The van der Waals surface area contributed by atoms with Gasteiger partial charge in [-0.05, 0) is 37.3 Å². The quantitative estimate of drug-likeness (QED) is 0.704. The summed E-state index contributed by atoms with van der Waals surface area (Å²) in [6, 6.07) is 11.2. The molecule has 0 aliphatic carbocycles. The Hall–Kier alpha value is -2.62. The first-order valence-electron chi connectivity index (χ1n) is 5.94. The first-order valence-corrected chi connectivity index (χ1v) is 5.94. The van der Waals surface area contributed by atoms with Crippen LogP contribution in [0.4, 0.5) is 0 Å². The van der Waals surface area contributed by atoms with Gasteiger partial charge in [-0.3, -0.25) is 9.36 Å². The maximum atomic E-state index is 12.0. The fourth-order valence-electron chi connectivity index (χ4n) is 1.94. The SMILES string of the molecule is Cc1cccn(-c2ccc(-c3ncco3)cc2)c1=O. The van der Waals surface area contributed by atoms with E-state index < -0.39 is 0 Å².